The fraction of sp³-hybridized carbons (Fsp3) is 0.467. The molecular formula is C15H20ClN3O3. The average molecular weight is 326 g/mol. The SMILES string of the molecule is NC[C@H]1CC[C@@H](C(=O)N[C@H](CC(N)=O)c2cccc(Cl)c2)O1. The number of carbonyl (C=O) groups is 2. The molecule has 0 spiro atoms. The number of halogens is 1. The smallest absolute Gasteiger partial charge is 0.249 e. The maximum absolute atomic E-state index is 12.3. The van der Waals surface area contributed by atoms with E-state index in [0.29, 0.717) is 18.0 Å². The van der Waals surface area contributed by atoms with Crippen LogP contribution in [0.3, 0.4) is 0 Å². The van der Waals surface area contributed by atoms with Crippen LogP contribution in [-0.4, -0.2) is 30.6 Å². The molecule has 120 valence electrons. The lowest BCUT2D eigenvalue weighted by Gasteiger charge is -2.20. The van der Waals surface area contributed by atoms with Crippen molar-refractivity contribution in [3.8, 4) is 0 Å². The maximum atomic E-state index is 12.3. The number of amides is 2. The van der Waals surface area contributed by atoms with Gasteiger partial charge >= 0.3 is 0 Å². The number of benzene rings is 1. The van der Waals surface area contributed by atoms with Gasteiger partial charge in [-0.15, -0.1) is 0 Å². The number of ether oxygens (including phenoxy) is 1. The minimum absolute atomic E-state index is 0.000873. The van der Waals surface area contributed by atoms with Crippen molar-refractivity contribution in [2.45, 2.75) is 37.5 Å². The minimum Gasteiger partial charge on any atom is -0.370 e. The van der Waals surface area contributed by atoms with Gasteiger partial charge in [0, 0.05) is 11.6 Å². The van der Waals surface area contributed by atoms with E-state index in [1.54, 1.807) is 24.3 Å². The third-order valence-corrected chi connectivity index (χ3v) is 3.87. The molecule has 22 heavy (non-hydrogen) atoms. The second kappa shape index (κ2) is 7.58. The Hall–Kier alpha value is -1.63. The maximum Gasteiger partial charge on any atom is 0.249 e. The third kappa shape index (κ3) is 4.43. The van der Waals surface area contributed by atoms with Gasteiger partial charge in [0.1, 0.15) is 6.10 Å². The molecule has 0 bridgehead atoms. The van der Waals surface area contributed by atoms with Gasteiger partial charge in [0.25, 0.3) is 0 Å². The Morgan fingerprint density at radius 2 is 2.18 bits per heavy atom. The molecule has 1 aromatic carbocycles. The van der Waals surface area contributed by atoms with Crippen molar-refractivity contribution in [2.24, 2.45) is 11.5 Å². The molecule has 0 aliphatic carbocycles. The van der Waals surface area contributed by atoms with E-state index in [2.05, 4.69) is 5.32 Å². The zero-order valence-corrected chi connectivity index (χ0v) is 12.9. The van der Waals surface area contributed by atoms with Crippen LogP contribution >= 0.6 is 11.6 Å². The van der Waals surface area contributed by atoms with Crippen molar-refractivity contribution < 1.29 is 14.3 Å². The quantitative estimate of drug-likeness (QED) is 0.721. The van der Waals surface area contributed by atoms with Gasteiger partial charge in [0.2, 0.25) is 11.8 Å². The van der Waals surface area contributed by atoms with Crippen molar-refractivity contribution in [2.75, 3.05) is 6.54 Å². The monoisotopic (exact) mass is 325 g/mol. The normalized spacial score (nSPS) is 22.3. The van der Waals surface area contributed by atoms with Gasteiger partial charge in [-0.05, 0) is 30.5 Å². The summed E-state index contributed by atoms with van der Waals surface area (Å²) in [5.74, 6) is -0.764. The van der Waals surface area contributed by atoms with E-state index in [0.717, 1.165) is 12.0 Å². The lowest BCUT2D eigenvalue weighted by Crippen LogP contribution is -2.39. The van der Waals surface area contributed by atoms with Crippen LogP contribution in [0.2, 0.25) is 5.02 Å². The van der Waals surface area contributed by atoms with E-state index < -0.39 is 18.1 Å². The molecule has 1 saturated heterocycles. The lowest BCUT2D eigenvalue weighted by molar-refractivity contribution is -0.132. The van der Waals surface area contributed by atoms with Crippen molar-refractivity contribution in [1.29, 1.82) is 0 Å². The molecule has 3 atom stereocenters. The predicted octanol–water partition coefficient (Wildman–Crippen LogP) is 0.879. The fourth-order valence-electron chi connectivity index (χ4n) is 2.51. The molecule has 1 aliphatic heterocycles. The number of carbonyl (C=O) groups excluding carboxylic acids is 2. The van der Waals surface area contributed by atoms with E-state index in [1.807, 2.05) is 0 Å². The largest absolute Gasteiger partial charge is 0.370 e. The van der Waals surface area contributed by atoms with Crippen LogP contribution in [0, 0.1) is 0 Å². The highest BCUT2D eigenvalue weighted by Crippen LogP contribution is 2.23. The van der Waals surface area contributed by atoms with Crippen LogP contribution in [0.5, 0.6) is 0 Å². The molecule has 2 amide bonds. The summed E-state index contributed by atoms with van der Waals surface area (Å²) in [6.45, 7) is 0.392. The molecule has 1 heterocycles. The number of nitrogens with one attached hydrogen (secondary N) is 1. The Labute approximate surface area is 134 Å². The number of primary amides is 1. The van der Waals surface area contributed by atoms with E-state index in [4.69, 9.17) is 27.8 Å². The first-order chi connectivity index (χ1) is 10.5. The lowest BCUT2D eigenvalue weighted by atomic mass is 10.0. The Morgan fingerprint density at radius 1 is 1.41 bits per heavy atom. The molecule has 6 nitrogen and oxygen atoms in total. The number of hydrogen-bond acceptors (Lipinski definition) is 4. The molecule has 0 radical (unpaired) electrons. The van der Waals surface area contributed by atoms with E-state index >= 15 is 0 Å². The highest BCUT2D eigenvalue weighted by molar-refractivity contribution is 6.30. The van der Waals surface area contributed by atoms with Gasteiger partial charge in [-0.1, -0.05) is 23.7 Å². The number of hydrogen-bond donors (Lipinski definition) is 3. The van der Waals surface area contributed by atoms with Gasteiger partial charge in [0.05, 0.1) is 18.6 Å². The summed E-state index contributed by atoms with van der Waals surface area (Å²) in [5, 5.41) is 3.34. The Morgan fingerprint density at radius 3 is 2.77 bits per heavy atom. The molecule has 0 unspecified atom stereocenters. The standard InChI is InChI=1S/C15H20ClN3O3/c16-10-3-1-2-9(6-10)12(7-14(18)20)19-15(21)13-5-4-11(8-17)22-13/h1-3,6,11-13H,4-5,7-8,17H2,(H2,18,20)(H,19,21)/t11-,12-,13+/m1/s1. The molecule has 2 rings (SSSR count). The van der Waals surface area contributed by atoms with Gasteiger partial charge < -0.3 is 21.5 Å². The summed E-state index contributed by atoms with van der Waals surface area (Å²) < 4.78 is 5.56. The number of rotatable bonds is 6. The van der Waals surface area contributed by atoms with Crippen molar-refractivity contribution in [3.63, 3.8) is 0 Å². The molecule has 0 saturated carbocycles. The molecule has 1 aliphatic rings. The van der Waals surface area contributed by atoms with Crippen LogP contribution in [0.25, 0.3) is 0 Å². The average Bonchev–Trinajstić information content (AvgIpc) is 2.95. The number of nitrogens with two attached hydrogens (primary N) is 2. The summed E-state index contributed by atoms with van der Waals surface area (Å²) in [6.07, 6.45) is 0.748. The van der Waals surface area contributed by atoms with Crippen LogP contribution in [0.15, 0.2) is 24.3 Å². The third-order valence-electron chi connectivity index (χ3n) is 3.64. The van der Waals surface area contributed by atoms with Crippen LogP contribution in [0.4, 0.5) is 0 Å². The molecule has 1 aromatic rings. The summed E-state index contributed by atoms with van der Waals surface area (Å²) >= 11 is 5.96. The zero-order valence-electron chi connectivity index (χ0n) is 12.1. The first kappa shape index (κ1) is 16.7. The minimum atomic E-state index is -0.539. The van der Waals surface area contributed by atoms with E-state index in [1.165, 1.54) is 0 Å². The van der Waals surface area contributed by atoms with E-state index in [9.17, 15) is 9.59 Å². The van der Waals surface area contributed by atoms with Gasteiger partial charge in [-0.25, -0.2) is 0 Å². The second-order valence-electron chi connectivity index (χ2n) is 5.35. The van der Waals surface area contributed by atoms with E-state index in [-0.39, 0.29) is 18.4 Å². The van der Waals surface area contributed by atoms with Crippen molar-refractivity contribution >= 4 is 23.4 Å². The molecule has 1 fully saturated rings. The summed E-state index contributed by atoms with van der Waals surface area (Å²) in [5.41, 5.74) is 11.5. The second-order valence-corrected chi connectivity index (χ2v) is 5.78. The highest BCUT2D eigenvalue weighted by atomic mass is 35.5. The molecule has 7 heteroatoms. The van der Waals surface area contributed by atoms with Crippen molar-refractivity contribution in [3.05, 3.63) is 34.9 Å². The Bertz CT molecular complexity index is 553. The zero-order chi connectivity index (χ0) is 16.1. The van der Waals surface area contributed by atoms with Gasteiger partial charge in [-0.3, -0.25) is 9.59 Å². The Kier molecular flexibility index (Phi) is 5.76. The van der Waals surface area contributed by atoms with Gasteiger partial charge in [0.15, 0.2) is 0 Å². The topological polar surface area (TPSA) is 107 Å². The van der Waals surface area contributed by atoms with Crippen LogP contribution in [0.1, 0.15) is 30.9 Å². The Balaban J connectivity index is 2.07. The van der Waals surface area contributed by atoms with Gasteiger partial charge in [-0.2, -0.15) is 0 Å². The molecule has 5 N–H and O–H groups in total. The van der Waals surface area contributed by atoms with Crippen LogP contribution in [-0.2, 0) is 14.3 Å². The predicted molar refractivity (Wildman–Crippen MR) is 83.1 cm³/mol. The highest BCUT2D eigenvalue weighted by Gasteiger charge is 2.31. The molecule has 0 aromatic heterocycles. The first-order valence-electron chi connectivity index (χ1n) is 7.19. The molecular weight excluding hydrogens is 306 g/mol. The summed E-state index contributed by atoms with van der Waals surface area (Å²) in [6, 6.07) is 6.45. The summed E-state index contributed by atoms with van der Waals surface area (Å²) in [4.78, 5) is 23.6. The summed E-state index contributed by atoms with van der Waals surface area (Å²) in [7, 11) is 0. The van der Waals surface area contributed by atoms with Crippen LogP contribution < -0.4 is 16.8 Å². The fourth-order valence-corrected chi connectivity index (χ4v) is 2.71. The first-order valence-corrected chi connectivity index (χ1v) is 7.57. The van der Waals surface area contributed by atoms with Crippen molar-refractivity contribution in [1.82, 2.24) is 5.32 Å².